The zero-order valence-electron chi connectivity index (χ0n) is 13.6. The molecule has 2 heteroatoms. The molecule has 2 atom stereocenters. The summed E-state index contributed by atoms with van der Waals surface area (Å²) in [6.07, 6.45) is 6.14. The number of nitrogens with one attached hydrogen (secondary N) is 1. The van der Waals surface area contributed by atoms with E-state index in [1.54, 1.807) is 0 Å². The second-order valence-electron chi connectivity index (χ2n) is 7.22. The van der Waals surface area contributed by atoms with Gasteiger partial charge >= 0.3 is 0 Å². The first-order valence-corrected chi connectivity index (χ1v) is 8.96. The van der Waals surface area contributed by atoms with Gasteiger partial charge in [0.2, 0.25) is 0 Å². The van der Waals surface area contributed by atoms with Gasteiger partial charge in [-0.3, -0.25) is 0 Å². The molecule has 2 saturated carbocycles. The molecule has 0 aliphatic heterocycles. The molecule has 2 aliphatic carbocycles. The summed E-state index contributed by atoms with van der Waals surface area (Å²) in [7, 11) is 0. The SMILES string of the molecule is NC1CCC(N[C@@H]2C[C@H]2c2ccc(-c3ccccc3)cc2)CC1. The van der Waals surface area contributed by atoms with Crippen LogP contribution in [0.3, 0.4) is 0 Å². The zero-order chi connectivity index (χ0) is 15.6. The molecule has 0 radical (unpaired) electrons. The first kappa shape index (κ1) is 14.9. The third-order valence-electron chi connectivity index (χ3n) is 5.46. The number of benzene rings is 2. The van der Waals surface area contributed by atoms with Gasteiger partial charge in [-0.15, -0.1) is 0 Å². The van der Waals surface area contributed by atoms with Gasteiger partial charge in [0.1, 0.15) is 0 Å². The Labute approximate surface area is 139 Å². The van der Waals surface area contributed by atoms with Gasteiger partial charge in [-0.1, -0.05) is 54.6 Å². The van der Waals surface area contributed by atoms with Gasteiger partial charge in [0.25, 0.3) is 0 Å². The van der Waals surface area contributed by atoms with Crippen molar-refractivity contribution < 1.29 is 0 Å². The molecular weight excluding hydrogens is 280 g/mol. The van der Waals surface area contributed by atoms with E-state index in [0.29, 0.717) is 24.0 Å². The average molecular weight is 306 g/mol. The first-order chi connectivity index (χ1) is 11.3. The molecule has 120 valence electrons. The standard InChI is InChI=1S/C21H26N2/c22-18-10-12-19(13-11-18)23-21-14-20(21)17-8-6-16(7-9-17)15-4-2-1-3-5-15/h1-9,18-21,23H,10-14,22H2/t18?,19?,20-,21+/m0/s1. The second kappa shape index (κ2) is 6.46. The highest BCUT2D eigenvalue weighted by molar-refractivity contribution is 5.63. The quantitative estimate of drug-likeness (QED) is 0.893. The molecular formula is C21H26N2. The van der Waals surface area contributed by atoms with E-state index in [4.69, 9.17) is 5.73 Å². The van der Waals surface area contributed by atoms with Crippen molar-refractivity contribution in [1.29, 1.82) is 0 Å². The molecule has 0 saturated heterocycles. The van der Waals surface area contributed by atoms with E-state index in [1.807, 2.05) is 0 Å². The molecule has 2 aliphatic rings. The smallest absolute Gasteiger partial charge is 0.0145 e. The fourth-order valence-corrected chi connectivity index (χ4v) is 3.89. The Balaban J connectivity index is 1.35. The fraction of sp³-hybridized carbons (Fsp3) is 0.429. The van der Waals surface area contributed by atoms with Crippen molar-refractivity contribution in [3.63, 3.8) is 0 Å². The molecule has 2 fully saturated rings. The molecule has 0 spiro atoms. The van der Waals surface area contributed by atoms with E-state index < -0.39 is 0 Å². The summed E-state index contributed by atoms with van der Waals surface area (Å²) in [6.45, 7) is 0. The highest BCUT2D eigenvalue weighted by atomic mass is 15.0. The minimum atomic E-state index is 0.439. The van der Waals surface area contributed by atoms with Crippen molar-refractivity contribution in [1.82, 2.24) is 5.32 Å². The van der Waals surface area contributed by atoms with Gasteiger partial charge in [-0.05, 0) is 48.8 Å². The van der Waals surface area contributed by atoms with Crippen molar-refractivity contribution in [2.45, 2.75) is 56.1 Å². The molecule has 0 heterocycles. The molecule has 0 bridgehead atoms. The van der Waals surface area contributed by atoms with Crippen molar-refractivity contribution >= 4 is 0 Å². The van der Waals surface area contributed by atoms with Gasteiger partial charge in [0.05, 0.1) is 0 Å². The summed E-state index contributed by atoms with van der Waals surface area (Å²) in [6, 6.07) is 21.6. The Morgan fingerprint density at radius 2 is 1.43 bits per heavy atom. The molecule has 0 unspecified atom stereocenters. The molecule has 23 heavy (non-hydrogen) atoms. The minimum absolute atomic E-state index is 0.439. The molecule has 0 amide bonds. The van der Waals surface area contributed by atoms with Crippen LogP contribution in [-0.2, 0) is 0 Å². The van der Waals surface area contributed by atoms with Crippen LogP contribution in [0.2, 0.25) is 0 Å². The fourth-order valence-electron chi connectivity index (χ4n) is 3.89. The lowest BCUT2D eigenvalue weighted by atomic mass is 9.92. The molecule has 2 aromatic rings. The summed E-state index contributed by atoms with van der Waals surface area (Å²) in [5, 5.41) is 3.85. The van der Waals surface area contributed by atoms with Crippen LogP contribution < -0.4 is 11.1 Å². The Hall–Kier alpha value is -1.64. The maximum absolute atomic E-state index is 6.00. The third kappa shape index (κ3) is 3.49. The molecule has 4 rings (SSSR count). The van der Waals surface area contributed by atoms with Crippen molar-refractivity contribution in [3.8, 4) is 11.1 Å². The predicted octanol–water partition coefficient (Wildman–Crippen LogP) is 4.07. The maximum atomic E-state index is 6.00. The van der Waals surface area contributed by atoms with Gasteiger partial charge in [0, 0.05) is 24.0 Å². The van der Waals surface area contributed by atoms with Crippen LogP contribution in [0.1, 0.15) is 43.6 Å². The highest BCUT2D eigenvalue weighted by Gasteiger charge is 2.39. The van der Waals surface area contributed by atoms with E-state index in [9.17, 15) is 0 Å². The summed E-state index contributed by atoms with van der Waals surface area (Å²) in [4.78, 5) is 0. The molecule has 3 N–H and O–H groups in total. The Bertz CT molecular complexity index is 627. The normalized spacial score (nSPS) is 30.1. The van der Waals surface area contributed by atoms with Crippen molar-refractivity contribution in [3.05, 3.63) is 60.2 Å². The Morgan fingerprint density at radius 1 is 0.783 bits per heavy atom. The van der Waals surface area contributed by atoms with E-state index in [0.717, 1.165) is 0 Å². The van der Waals surface area contributed by atoms with Crippen molar-refractivity contribution in [2.75, 3.05) is 0 Å². The van der Waals surface area contributed by atoms with Crippen LogP contribution in [0.5, 0.6) is 0 Å². The average Bonchev–Trinajstić information content (AvgIpc) is 3.37. The molecule has 2 nitrogen and oxygen atoms in total. The Kier molecular flexibility index (Phi) is 4.19. The third-order valence-corrected chi connectivity index (χ3v) is 5.46. The van der Waals surface area contributed by atoms with Gasteiger partial charge in [0.15, 0.2) is 0 Å². The molecule has 0 aromatic heterocycles. The minimum Gasteiger partial charge on any atom is -0.328 e. The summed E-state index contributed by atoms with van der Waals surface area (Å²) in [5.41, 5.74) is 10.1. The lowest BCUT2D eigenvalue weighted by Gasteiger charge is -2.27. The van der Waals surface area contributed by atoms with Crippen LogP contribution in [0.15, 0.2) is 54.6 Å². The summed E-state index contributed by atoms with van der Waals surface area (Å²) < 4.78 is 0. The number of rotatable bonds is 4. The van der Waals surface area contributed by atoms with Crippen LogP contribution in [0, 0.1) is 0 Å². The van der Waals surface area contributed by atoms with Crippen molar-refractivity contribution in [2.24, 2.45) is 5.73 Å². The van der Waals surface area contributed by atoms with Crippen LogP contribution in [0.4, 0.5) is 0 Å². The monoisotopic (exact) mass is 306 g/mol. The number of nitrogens with two attached hydrogens (primary N) is 1. The lowest BCUT2D eigenvalue weighted by molar-refractivity contribution is 0.339. The molecule has 2 aromatic carbocycles. The zero-order valence-corrected chi connectivity index (χ0v) is 13.6. The van der Waals surface area contributed by atoms with E-state index in [2.05, 4.69) is 59.9 Å². The van der Waals surface area contributed by atoms with Crippen LogP contribution in [0.25, 0.3) is 11.1 Å². The van der Waals surface area contributed by atoms with Gasteiger partial charge in [-0.2, -0.15) is 0 Å². The van der Waals surface area contributed by atoms with Crippen LogP contribution >= 0.6 is 0 Å². The topological polar surface area (TPSA) is 38.0 Å². The number of hydrogen-bond donors (Lipinski definition) is 2. The Morgan fingerprint density at radius 3 is 2.13 bits per heavy atom. The lowest BCUT2D eigenvalue weighted by Crippen LogP contribution is -2.38. The predicted molar refractivity (Wildman–Crippen MR) is 96.4 cm³/mol. The highest BCUT2D eigenvalue weighted by Crippen LogP contribution is 2.42. The van der Waals surface area contributed by atoms with E-state index in [-0.39, 0.29) is 0 Å². The van der Waals surface area contributed by atoms with Gasteiger partial charge in [-0.25, -0.2) is 0 Å². The number of hydrogen-bond acceptors (Lipinski definition) is 2. The second-order valence-corrected chi connectivity index (χ2v) is 7.22. The van der Waals surface area contributed by atoms with E-state index in [1.165, 1.54) is 48.8 Å². The largest absolute Gasteiger partial charge is 0.328 e. The summed E-state index contributed by atoms with van der Waals surface area (Å²) >= 11 is 0. The first-order valence-electron chi connectivity index (χ1n) is 8.96. The van der Waals surface area contributed by atoms with Crippen LogP contribution in [-0.4, -0.2) is 18.1 Å². The maximum Gasteiger partial charge on any atom is 0.0145 e. The van der Waals surface area contributed by atoms with E-state index >= 15 is 0 Å². The van der Waals surface area contributed by atoms with Gasteiger partial charge < -0.3 is 11.1 Å². The summed E-state index contributed by atoms with van der Waals surface area (Å²) in [5.74, 6) is 0.704.